The number of hydrogen-bond acceptors (Lipinski definition) is 6. The second kappa shape index (κ2) is 7.87. The predicted molar refractivity (Wildman–Crippen MR) is 104 cm³/mol. The lowest BCUT2D eigenvalue weighted by Gasteiger charge is -2.45. The molecular weight excluding hydrogens is 360 g/mol. The minimum absolute atomic E-state index is 0.0149. The van der Waals surface area contributed by atoms with E-state index in [2.05, 4.69) is 21.3 Å². The number of rotatable bonds is 6. The van der Waals surface area contributed by atoms with E-state index in [0.29, 0.717) is 24.5 Å². The lowest BCUT2D eigenvalue weighted by molar-refractivity contribution is -0.129. The van der Waals surface area contributed by atoms with E-state index in [9.17, 15) is 9.59 Å². The fraction of sp³-hybridized carbons (Fsp3) is 0.600. The number of carbonyl (C=O) groups is 2. The number of para-hydroxylation sites is 1. The summed E-state index contributed by atoms with van der Waals surface area (Å²) in [5.74, 6) is 1.31. The third-order valence-corrected chi connectivity index (χ3v) is 5.84. The second-order valence-corrected chi connectivity index (χ2v) is 7.74. The molecule has 2 amide bonds. The van der Waals surface area contributed by atoms with Crippen LogP contribution in [0.2, 0.25) is 0 Å². The smallest absolute Gasteiger partial charge is 0.226 e. The third kappa shape index (κ3) is 3.73. The fourth-order valence-electron chi connectivity index (χ4n) is 4.29. The first-order valence-electron chi connectivity index (χ1n) is 9.92. The SMILES string of the molecule is COc1cccc(NC2CC(NC(=O)C3CC3)NC3CCNC(=O)C23)c1OC. The third-order valence-electron chi connectivity index (χ3n) is 5.84. The summed E-state index contributed by atoms with van der Waals surface area (Å²) in [6.07, 6.45) is 3.22. The molecular formula is C20H28N4O4. The van der Waals surface area contributed by atoms with E-state index >= 15 is 0 Å². The summed E-state index contributed by atoms with van der Waals surface area (Å²) in [5.41, 5.74) is 0.776. The van der Waals surface area contributed by atoms with Gasteiger partial charge in [0, 0.05) is 31.0 Å². The van der Waals surface area contributed by atoms with E-state index in [1.807, 2.05) is 18.2 Å². The number of ether oxygens (including phenoxy) is 2. The van der Waals surface area contributed by atoms with Crippen molar-refractivity contribution in [2.75, 3.05) is 26.1 Å². The van der Waals surface area contributed by atoms with Crippen LogP contribution in [0.15, 0.2) is 18.2 Å². The minimum Gasteiger partial charge on any atom is -0.493 e. The van der Waals surface area contributed by atoms with Gasteiger partial charge in [0.25, 0.3) is 0 Å². The van der Waals surface area contributed by atoms with Gasteiger partial charge in [0.15, 0.2) is 11.5 Å². The average Bonchev–Trinajstić information content (AvgIpc) is 3.53. The lowest BCUT2D eigenvalue weighted by Crippen LogP contribution is -2.66. The summed E-state index contributed by atoms with van der Waals surface area (Å²) >= 11 is 0. The first kappa shape index (κ1) is 18.9. The number of benzene rings is 1. The highest BCUT2D eigenvalue weighted by Gasteiger charge is 2.44. The summed E-state index contributed by atoms with van der Waals surface area (Å²) in [6.45, 7) is 0.644. The van der Waals surface area contributed by atoms with Crippen LogP contribution in [0.3, 0.4) is 0 Å². The van der Waals surface area contributed by atoms with Gasteiger partial charge in [-0.3, -0.25) is 14.9 Å². The summed E-state index contributed by atoms with van der Waals surface area (Å²) in [6, 6.07) is 5.51. The number of nitrogens with one attached hydrogen (secondary N) is 4. The van der Waals surface area contributed by atoms with Crippen molar-refractivity contribution in [1.29, 1.82) is 0 Å². The molecule has 3 fully saturated rings. The molecule has 4 unspecified atom stereocenters. The number of hydrogen-bond donors (Lipinski definition) is 4. The van der Waals surface area contributed by atoms with E-state index in [0.717, 1.165) is 24.9 Å². The molecule has 4 atom stereocenters. The van der Waals surface area contributed by atoms with Crippen LogP contribution in [0.25, 0.3) is 0 Å². The summed E-state index contributed by atoms with van der Waals surface area (Å²) in [7, 11) is 3.19. The summed E-state index contributed by atoms with van der Waals surface area (Å²) in [5, 5.41) is 13.1. The largest absolute Gasteiger partial charge is 0.493 e. The van der Waals surface area contributed by atoms with E-state index in [4.69, 9.17) is 9.47 Å². The van der Waals surface area contributed by atoms with E-state index < -0.39 is 0 Å². The molecule has 152 valence electrons. The molecule has 1 aromatic rings. The summed E-state index contributed by atoms with van der Waals surface area (Å²) < 4.78 is 10.9. The number of fused-ring (bicyclic) bond motifs is 1. The molecule has 2 saturated heterocycles. The fourth-order valence-corrected chi connectivity index (χ4v) is 4.29. The van der Waals surface area contributed by atoms with Crippen LogP contribution in [0.5, 0.6) is 11.5 Å². The molecule has 8 nitrogen and oxygen atoms in total. The zero-order valence-corrected chi connectivity index (χ0v) is 16.3. The van der Waals surface area contributed by atoms with Crippen molar-refractivity contribution < 1.29 is 19.1 Å². The molecule has 28 heavy (non-hydrogen) atoms. The Morgan fingerprint density at radius 1 is 1.18 bits per heavy atom. The topological polar surface area (TPSA) is 101 Å². The molecule has 0 radical (unpaired) electrons. The van der Waals surface area contributed by atoms with Crippen LogP contribution in [-0.4, -0.2) is 50.8 Å². The summed E-state index contributed by atoms with van der Waals surface area (Å²) in [4.78, 5) is 24.9. The van der Waals surface area contributed by atoms with Crippen LogP contribution < -0.4 is 30.7 Å². The van der Waals surface area contributed by atoms with Crippen molar-refractivity contribution in [3.63, 3.8) is 0 Å². The minimum atomic E-state index is -0.223. The molecule has 4 N–H and O–H groups in total. The van der Waals surface area contributed by atoms with Gasteiger partial charge >= 0.3 is 0 Å². The maximum Gasteiger partial charge on any atom is 0.226 e. The van der Waals surface area contributed by atoms with E-state index in [-0.39, 0.29) is 41.9 Å². The van der Waals surface area contributed by atoms with Crippen molar-refractivity contribution in [3.8, 4) is 11.5 Å². The van der Waals surface area contributed by atoms with Crippen LogP contribution in [0.1, 0.15) is 25.7 Å². The highest BCUT2D eigenvalue weighted by molar-refractivity contribution is 5.83. The van der Waals surface area contributed by atoms with Gasteiger partial charge in [-0.2, -0.15) is 0 Å². The van der Waals surface area contributed by atoms with Gasteiger partial charge in [-0.1, -0.05) is 6.07 Å². The molecule has 3 aliphatic rings. The zero-order valence-electron chi connectivity index (χ0n) is 16.3. The first-order valence-corrected chi connectivity index (χ1v) is 9.92. The Morgan fingerprint density at radius 3 is 2.71 bits per heavy atom. The van der Waals surface area contributed by atoms with E-state index in [1.54, 1.807) is 14.2 Å². The Hall–Kier alpha value is -2.48. The van der Waals surface area contributed by atoms with Gasteiger partial charge in [-0.15, -0.1) is 0 Å². The van der Waals surface area contributed by atoms with Crippen molar-refractivity contribution >= 4 is 17.5 Å². The first-order chi connectivity index (χ1) is 13.6. The van der Waals surface area contributed by atoms with Crippen LogP contribution in [0, 0.1) is 11.8 Å². The molecule has 1 aliphatic carbocycles. The Balaban J connectivity index is 1.56. The second-order valence-electron chi connectivity index (χ2n) is 7.74. The zero-order chi connectivity index (χ0) is 19.7. The Labute approximate surface area is 164 Å². The molecule has 0 spiro atoms. The highest BCUT2D eigenvalue weighted by atomic mass is 16.5. The number of amides is 2. The molecule has 4 rings (SSSR count). The van der Waals surface area contributed by atoms with Crippen molar-refractivity contribution in [2.24, 2.45) is 11.8 Å². The molecule has 2 aliphatic heterocycles. The van der Waals surface area contributed by atoms with Gasteiger partial charge in [-0.05, 0) is 31.4 Å². The van der Waals surface area contributed by atoms with Gasteiger partial charge in [0.2, 0.25) is 11.8 Å². The van der Waals surface area contributed by atoms with Crippen LogP contribution in [0.4, 0.5) is 5.69 Å². The van der Waals surface area contributed by atoms with Crippen LogP contribution in [-0.2, 0) is 9.59 Å². The number of anilines is 1. The maximum atomic E-state index is 12.6. The molecule has 8 heteroatoms. The number of piperidine rings is 2. The number of methoxy groups -OCH3 is 2. The highest BCUT2D eigenvalue weighted by Crippen LogP contribution is 2.37. The van der Waals surface area contributed by atoms with Crippen LogP contribution >= 0.6 is 0 Å². The van der Waals surface area contributed by atoms with Gasteiger partial charge in [0.05, 0.1) is 32.0 Å². The molecule has 1 aromatic carbocycles. The van der Waals surface area contributed by atoms with Gasteiger partial charge in [-0.25, -0.2) is 0 Å². The number of carbonyl (C=O) groups excluding carboxylic acids is 2. The maximum absolute atomic E-state index is 12.6. The Morgan fingerprint density at radius 2 is 2.00 bits per heavy atom. The molecule has 2 heterocycles. The van der Waals surface area contributed by atoms with Crippen molar-refractivity contribution in [3.05, 3.63) is 18.2 Å². The van der Waals surface area contributed by atoms with Gasteiger partial charge in [0.1, 0.15) is 0 Å². The Bertz CT molecular complexity index is 752. The van der Waals surface area contributed by atoms with Gasteiger partial charge < -0.3 is 25.4 Å². The lowest BCUT2D eigenvalue weighted by atomic mass is 9.80. The Kier molecular flexibility index (Phi) is 5.30. The monoisotopic (exact) mass is 388 g/mol. The quantitative estimate of drug-likeness (QED) is 0.576. The van der Waals surface area contributed by atoms with Crippen molar-refractivity contribution in [2.45, 2.75) is 43.9 Å². The van der Waals surface area contributed by atoms with E-state index in [1.165, 1.54) is 0 Å². The molecule has 0 bridgehead atoms. The predicted octanol–water partition coefficient (Wildman–Crippen LogP) is 0.835. The average molecular weight is 388 g/mol. The normalized spacial score (nSPS) is 29.3. The molecule has 0 aromatic heterocycles. The molecule has 1 saturated carbocycles. The standard InChI is InChI=1S/C20H28N4O4/c1-27-15-5-3-4-13(18(15)28-2)22-14-10-16(24-19(25)11-6-7-11)23-12-8-9-21-20(26)17(12)14/h3-5,11-12,14,16-17,22-23H,6-10H2,1-2H3,(H,21,26)(H,24,25). The van der Waals surface area contributed by atoms with Crippen molar-refractivity contribution in [1.82, 2.24) is 16.0 Å².